The Kier molecular flexibility index (Phi) is 5.48. The average molecular weight is 471 g/mol. The molecule has 3 aromatic rings. The van der Waals surface area contributed by atoms with Crippen LogP contribution in [0.3, 0.4) is 0 Å². The van der Waals surface area contributed by atoms with Crippen LogP contribution in [0.5, 0.6) is 5.75 Å². The molecule has 1 amide bonds. The summed E-state index contributed by atoms with van der Waals surface area (Å²) in [7, 11) is 1.59. The van der Waals surface area contributed by atoms with Gasteiger partial charge in [0.15, 0.2) is 5.76 Å². The van der Waals surface area contributed by atoms with E-state index in [-0.39, 0.29) is 11.3 Å². The summed E-state index contributed by atoms with van der Waals surface area (Å²) < 4.78 is 10.9. The van der Waals surface area contributed by atoms with Gasteiger partial charge in [0, 0.05) is 16.3 Å². The predicted octanol–water partition coefficient (Wildman–Crippen LogP) is 5.80. The number of methoxy groups -OCH3 is 1. The first-order chi connectivity index (χ1) is 16.5. The van der Waals surface area contributed by atoms with E-state index >= 15 is 0 Å². The fourth-order valence-corrected chi connectivity index (χ4v) is 4.65. The maximum Gasteiger partial charge on any atom is 0.297 e. The molecule has 6 nitrogen and oxygen atoms in total. The Bertz CT molecular complexity index is 1360. The molecule has 5 rings (SSSR count). The van der Waals surface area contributed by atoms with Crippen molar-refractivity contribution >= 4 is 23.2 Å². The van der Waals surface area contributed by atoms with Crippen LogP contribution in [0.1, 0.15) is 23.1 Å². The number of para-hydroxylation sites is 1. The fraction of sp³-hybridized carbons (Fsp3) is 0.111. The number of aliphatic hydroxyl groups excluding tert-OH is 1. The molecule has 1 N–H and O–H groups in total. The number of ether oxygens (including phenoxy) is 2. The summed E-state index contributed by atoms with van der Waals surface area (Å²) in [6.07, 6.45) is 0. The standard InChI is InChI=1S/C27H19ClN2O4/c1-33-20-13-9-17(10-14-20)24-23-22(16-7-11-18(28)12-8-16)21(15-29)27(32)34-25(23)26(31)30(24)19-5-3-2-4-6-19/h2-14,22,24,32H,1H3. The van der Waals surface area contributed by atoms with Crippen LogP contribution in [0, 0.1) is 11.3 Å². The molecule has 3 aromatic carbocycles. The monoisotopic (exact) mass is 470 g/mol. The molecule has 0 radical (unpaired) electrons. The third kappa shape index (κ3) is 3.47. The maximum atomic E-state index is 13.7. The molecular weight excluding hydrogens is 452 g/mol. The highest BCUT2D eigenvalue weighted by molar-refractivity contribution is 6.30. The van der Waals surface area contributed by atoms with Gasteiger partial charge in [-0.15, -0.1) is 0 Å². The van der Waals surface area contributed by atoms with Gasteiger partial charge >= 0.3 is 0 Å². The number of benzene rings is 3. The second-order valence-electron chi connectivity index (χ2n) is 7.89. The van der Waals surface area contributed by atoms with Gasteiger partial charge in [0.05, 0.1) is 19.1 Å². The number of aliphatic hydroxyl groups is 1. The van der Waals surface area contributed by atoms with Gasteiger partial charge in [-0.2, -0.15) is 5.26 Å². The zero-order chi connectivity index (χ0) is 23.8. The van der Waals surface area contributed by atoms with Crippen LogP contribution in [0.2, 0.25) is 5.02 Å². The van der Waals surface area contributed by atoms with Crippen molar-refractivity contribution in [2.24, 2.45) is 0 Å². The van der Waals surface area contributed by atoms with Crippen LogP contribution < -0.4 is 9.64 Å². The number of rotatable bonds is 4. The molecule has 2 aliphatic heterocycles. The van der Waals surface area contributed by atoms with Crippen LogP contribution in [0.4, 0.5) is 5.69 Å². The highest BCUT2D eigenvalue weighted by atomic mass is 35.5. The van der Waals surface area contributed by atoms with E-state index < -0.39 is 23.8 Å². The molecule has 2 atom stereocenters. The van der Waals surface area contributed by atoms with Crippen LogP contribution in [-0.4, -0.2) is 18.1 Å². The number of hydrogen-bond donors (Lipinski definition) is 1. The summed E-state index contributed by atoms with van der Waals surface area (Å²) in [5.74, 6) is -0.975. The average Bonchev–Trinajstić information content (AvgIpc) is 3.16. The molecule has 2 heterocycles. The summed E-state index contributed by atoms with van der Waals surface area (Å²) in [6.45, 7) is 0. The number of halogens is 1. The van der Waals surface area contributed by atoms with Crippen molar-refractivity contribution in [2.75, 3.05) is 12.0 Å². The van der Waals surface area contributed by atoms with Crippen molar-refractivity contribution in [3.63, 3.8) is 0 Å². The lowest BCUT2D eigenvalue weighted by Crippen LogP contribution is -2.30. The molecule has 0 aliphatic carbocycles. The predicted molar refractivity (Wildman–Crippen MR) is 127 cm³/mol. The molecule has 7 heteroatoms. The van der Waals surface area contributed by atoms with Crippen LogP contribution >= 0.6 is 11.6 Å². The molecule has 0 fully saturated rings. The lowest BCUT2D eigenvalue weighted by Gasteiger charge is -2.31. The van der Waals surface area contributed by atoms with E-state index in [1.165, 1.54) is 0 Å². The number of allylic oxidation sites excluding steroid dienone is 1. The SMILES string of the molecule is COc1ccc(C2C3=C(OC(O)=C(C#N)C3c3ccc(Cl)cc3)C(=O)N2c2ccccc2)cc1. The third-order valence-corrected chi connectivity index (χ3v) is 6.30. The Labute approximate surface area is 201 Å². The Hall–Kier alpha value is -4.21. The zero-order valence-corrected chi connectivity index (χ0v) is 18.9. The van der Waals surface area contributed by atoms with Crippen molar-refractivity contribution < 1.29 is 19.4 Å². The molecule has 0 bridgehead atoms. The third-order valence-electron chi connectivity index (χ3n) is 6.05. The van der Waals surface area contributed by atoms with Crippen LogP contribution in [-0.2, 0) is 9.53 Å². The van der Waals surface area contributed by atoms with E-state index in [0.717, 1.165) is 5.56 Å². The Morgan fingerprint density at radius 2 is 1.65 bits per heavy atom. The van der Waals surface area contributed by atoms with Crippen molar-refractivity contribution in [1.29, 1.82) is 5.26 Å². The van der Waals surface area contributed by atoms with Gasteiger partial charge in [-0.3, -0.25) is 9.69 Å². The first kappa shape index (κ1) is 21.6. The minimum Gasteiger partial charge on any atom is -0.497 e. The van der Waals surface area contributed by atoms with E-state index in [4.69, 9.17) is 21.1 Å². The Morgan fingerprint density at radius 3 is 2.26 bits per heavy atom. The maximum absolute atomic E-state index is 13.7. The topological polar surface area (TPSA) is 82.8 Å². The lowest BCUT2D eigenvalue weighted by atomic mass is 9.79. The smallest absolute Gasteiger partial charge is 0.297 e. The number of amides is 1. The van der Waals surface area contributed by atoms with Crippen molar-refractivity contribution in [2.45, 2.75) is 12.0 Å². The van der Waals surface area contributed by atoms with Gasteiger partial charge in [0.1, 0.15) is 17.4 Å². The first-order valence-electron chi connectivity index (χ1n) is 10.6. The minimum atomic E-state index is -0.698. The Balaban J connectivity index is 1.74. The quantitative estimate of drug-likeness (QED) is 0.521. The fourth-order valence-electron chi connectivity index (χ4n) is 4.52. The van der Waals surface area contributed by atoms with Crippen molar-refractivity contribution in [3.05, 3.63) is 118 Å². The van der Waals surface area contributed by atoms with Crippen molar-refractivity contribution in [1.82, 2.24) is 0 Å². The van der Waals surface area contributed by atoms with Crippen LogP contribution in [0.15, 0.2) is 102 Å². The largest absolute Gasteiger partial charge is 0.497 e. The lowest BCUT2D eigenvalue weighted by molar-refractivity contribution is -0.118. The minimum absolute atomic E-state index is 0.0149. The van der Waals surface area contributed by atoms with E-state index in [2.05, 4.69) is 6.07 Å². The molecule has 34 heavy (non-hydrogen) atoms. The number of nitrogens with zero attached hydrogens (tertiary/aromatic N) is 2. The molecule has 2 aliphatic rings. The molecule has 168 valence electrons. The highest BCUT2D eigenvalue weighted by Gasteiger charge is 2.50. The number of carbonyl (C=O) groups is 1. The normalized spacial score (nSPS) is 19.6. The summed E-state index contributed by atoms with van der Waals surface area (Å²) in [4.78, 5) is 15.3. The second kappa shape index (κ2) is 8.62. The molecule has 0 saturated carbocycles. The van der Waals surface area contributed by atoms with Gasteiger partial charge in [0.25, 0.3) is 11.9 Å². The van der Waals surface area contributed by atoms with Gasteiger partial charge in [-0.05, 0) is 47.5 Å². The zero-order valence-electron chi connectivity index (χ0n) is 18.1. The van der Waals surface area contributed by atoms with E-state index in [1.807, 2.05) is 54.6 Å². The van der Waals surface area contributed by atoms with E-state index in [1.54, 1.807) is 36.3 Å². The number of carbonyl (C=O) groups excluding carboxylic acids is 1. The molecule has 0 saturated heterocycles. The molecule has 2 unspecified atom stereocenters. The summed E-state index contributed by atoms with van der Waals surface area (Å²) in [5, 5.41) is 21.1. The van der Waals surface area contributed by atoms with Gasteiger partial charge in [-0.25, -0.2) is 0 Å². The van der Waals surface area contributed by atoms with E-state index in [9.17, 15) is 15.2 Å². The summed E-state index contributed by atoms with van der Waals surface area (Å²) >= 11 is 6.10. The second-order valence-corrected chi connectivity index (χ2v) is 8.32. The molecule has 0 spiro atoms. The van der Waals surface area contributed by atoms with E-state index in [0.29, 0.717) is 27.6 Å². The number of hydrogen-bond acceptors (Lipinski definition) is 5. The first-order valence-corrected chi connectivity index (χ1v) is 10.9. The molecular formula is C27H19ClN2O4. The molecule has 0 aromatic heterocycles. The number of anilines is 1. The summed E-state index contributed by atoms with van der Waals surface area (Å²) in [5.41, 5.74) is 2.80. The van der Waals surface area contributed by atoms with Gasteiger partial charge in [0.2, 0.25) is 0 Å². The summed E-state index contributed by atoms with van der Waals surface area (Å²) in [6, 6.07) is 25.1. The Morgan fingerprint density at radius 1 is 1.00 bits per heavy atom. The van der Waals surface area contributed by atoms with Gasteiger partial charge < -0.3 is 14.6 Å². The van der Waals surface area contributed by atoms with Crippen molar-refractivity contribution in [3.8, 4) is 11.8 Å². The van der Waals surface area contributed by atoms with Crippen LogP contribution in [0.25, 0.3) is 0 Å². The van der Waals surface area contributed by atoms with Gasteiger partial charge in [-0.1, -0.05) is 54.1 Å². The highest BCUT2D eigenvalue weighted by Crippen LogP contribution is 2.52. The number of nitriles is 1.